The minimum atomic E-state index is -0.665. The summed E-state index contributed by atoms with van der Waals surface area (Å²) in [6, 6.07) is 0. The lowest BCUT2D eigenvalue weighted by Gasteiger charge is -2.22. The molecule has 0 radical (unpaired) electrons. The van der Waals surface area contributed by atoms with Crippen molar-refractivity contribution in [3.63, 3.8) is 0 Å². The van der Waals surface area contributed by atoms with Gasteiger partial charge >= 0.3 is 0 Å². The van der Waals surface area contributed by atoms with Crippen molar-refractivity contribution in [3.8, 4) is 0 Å². The molecule has 1 aliphatic carbocycles. The van der Waals surface area contributed by atoms with Crippen LogP contribution in [0.2, 0.25) is 0 Å². The number of hydrogen-bond acceptors (Lipinski definition) is 4. The van der Waals surface area contributed by atoms with Crippen molar-refractivity contribution >= 4 is 5.91 Å². The Morgan fingerprint density at radius 1 is 1.44 bits per heavy atom. The average Bonchev–Trinajstić information content (AvgIpc) is 2.99. The third-order valence-electron chi connectivity index (χ3n) is 3.41. The van der Waals surface area contributed by atoms with Crippen LogP contribution in [0.3, 0.4) is 0 Å². The van der Waals surface area contributed by atoms with Gasteiger partial charge in [0.1, 0.15) is 0 Å². The predicted octanol–water partition coefficient (Wildman–Crippen LogP) is 0.480. The molecule has 2 rings (SSSR count). The van der Waals surface area contributed by atoms with E-state index in [0.29, 0.717) is 19.5 Å². The van der Waals surface area contributed by atoms with Gasteiger partial charge in [0.05, 0.1) is 11.8 Å². The van der Waals surface area contributed by atoms with Crippen molar-refractivity contribution < 1.29 is 9.90 Å². The molecule has 0 atom stereocenters. The van der Waals surface area contributed by atoms with Gasteiger partial charge in [-0.15, -0.1) is 5.10 Å². The van der Waals surface area contributed by atoms with Crippen molar-refractivity contribution in [1.82, 2.24) is 20.3 Å². The zero-order valence-corrected chi connectivity index (χ0v) is 10.5. The lowest BCUT2D eigenvalue weighted by molar-refractivity contribution is -0.122. The number of hydrogen-bond donors (Lipinski definition) is 2. The fourth-order valence-corrected chi connectivity index (χ4v) is 2.31. The van der Waals surface area contributed by atoms with E-state index in [-0.39, 0.29) is 5.91 Å². The Bertz CT molecular complexity index is 371. The second-order valence-electron chi connectivity index (χ2n) is 4.98. The topological polar surface area (TPSA) is 80.0 Å². The van der Waals surface area contributed by atoms with E-state index in [9.17, 15) is 9.90 Å². The van der Waals surface area contributed by atoms with Crippen LogP contribution in [0.15, 0.2) is 12.4 Å². The zero-order valence-electron chi connectivity index (χ0n) is 10.5. The van der Waals surface area contributed by atoms with Gasteiger partial charge in [-0.1, -0.05) is 18.1 Å². The molecule has 1 aliphatic rings. The molecule has 6 heteroatoms. The van der Waals surface area contributed by atoms with Crippen LogP contribution >= 0.6 is 0 Å². The summed E-state index contributed by atoms with van der Waals surface area (Å²) < 4.78 is 1.71. The second-order valence-corrected chi connectivity index (χ2v) is 4.98. The molecule has 0 aliphatic heterocycles. The molecule has 1 heterocycles. The minimum Gasteiger partial charge on any atom is -0.388 e. The molecule has 18 heavy (non-hydrogen) atoms. The van der Waals surface area contributed by atoms with E-state index >= 15 is 0 Å². The van der Waals surface area contributed by atoms with E-state index < -0.39 is 5.60 Å². The molecule has 1 aromatic rings. The molecule has 0 unspecified atom stereocenters. The van der Waals surface area contributed by atoms with Crippen LogP contribution in [0.25, 0.3) is 0 Å². The molecular weight excluding hydrogens is 232 g/mol. The normalized spacial score (nSPS) is 17.8. The third kappa shape index (κ3) is 3.80. The van der Waals surface area contributed by atoms with Gasteiger partial charge in [-0.25, -0.2) is 0 Å². The highest BCUT2D eigenvalue weighted by Crippen LogP contribution is 2.28. The second kappa shape index (κ2) is 5.95. The number of rotatable bonds is 6. The number of carbonyl (C=O) groups is 1. The van der Waals surface area contributed by atoms with Gasteiger partial charge in [-0.05, 0) is 19.3 Å². The molecule has 1 amide bonds. The number of carbonyl (C=O) groups excluding carboxylic acids is 1. The van der Waals surface area contributed by atoms with Gasteiger partial charge < -0.3 is 10.4 Å². The molecule has 1 saturated carbocycles. The number of aryl methyl sites for hydroxylation is 1. The average molecular weight is 252 g/mol. The first-order valence-electron chi connectivity index (χ1n) is 6.51. The summed E-state index contributed by atoms with van der Waals surface area (Å²) in [5.74, 6) is -0.00422. The molecule has 0 aromatic carbocycles. The number of nitrogens with zero attached hydrogens (tertiary/aromatic N) is 3. The summed E-state index contributed by atoms with van der Waals surface area (Å²) in [5, 5.41) is 20.4. The quantitative estimate of drug-likeness (QED) is 0.771. The molecule has 1 fully saturated rings. The van der Waals surface area contributed by atoms with E-state index in [1.807, 2.05) is 0 Å². The van der Waals surface area contributed by atoms with Gasteiger partial charge in [0.15, 0.2) is 0 Å². The maximum Gasteiger partial charge on any atom is 0.220 e. The highest BCUT2D eigenvalue weighted by molar-refractivity contribution is 5.75. The van der Waals surface area contributed by atoms with Crippen LogP contribution in [0.4, 0.5) is 0 Å². The first kappa shape index (κ1) is 13.0. The maximum atomic E-state index is 11.6. The molecule has 6 nitrogen and oxygen atoms in total. The Balaban J connectivity index is 1.60. The van der Waals surface area contributed by atoms with Crippen LogP contribution in [0, 0.1) is 0 Å². The van der Waals surface area contributed by atoms with E-state index in [4.69, 9.17) is 0 Å². The van der Waals surface area contributed by atoms with Gasteiger partial charge in [0, 0.05) is 25.7 Å². The molecule has 1 aromatic heterocycles. The van der Waals surface area contributed by atoms with Crippen molar-refractivity contribution in [2.45, 2.75) is 50.7 Å². The lowest BCUT2D eigenvalue weighted by atomic mass is 10.0. The molecule has 2 N–H and O–H groups in total. The number of nitrogens with one attached hydrogen (secondary N) is 1. The van der Waals surface area contributed by atoms with Gasteiger partial charge in [-0.3, -0.25) is 9.48 Å². The number of aliphatic hydroxyl groups is 1. The molecule has 0 bridgehead atoms. The Morgan fingerprint density at radius 2 is 2.22 bits per heavy atom. The maximum absolute atomic E-state index is 11.6. The predicted molar refractivity (Wildman–Crippen MR) is 65.7 cm³/mol. The van der Waals surface area contributed by atoms with E-state index in [0.717, 1.165) is 32.1 Å². The lowest BCUT2D eigenvalue weighted by Crippen LogP contribution is -2.40. The van der Waals surface area contributed by atoms with Crippen LogP contribution in [-0.2, 0) is 11.3 Å². The van der Waals surface area contributed by atoms with Crippen LogP contribution < -0.4 is 5.32 Å². The fourth-order valence-electron chi connectivity index (χ4n) is 2.31. The Kier molecular flexibility index (Phi) is 4.30. The first-order chi connectivity index (χ1) is 8.68. The molecule has 100 valence electrons. The molecular formula is C12H20N4O2. The van der Waals surface area contributed by atoms with Gasteiger partial charge in [0.2, 0.25) is 5.91 Å². The smallest absolute Gasteiger partial charge is 0.220 e. The summed E-state index contributed by atoms with van der Waals surface area (Å²) >= 11 is 0. The van der Waals surface area contributed by atoms with Crippen molar-refractivity contribution in [2.24, 2.45) is 0 Å². The summed E-state index contributed by atoms with van der Waals surface area (Å²) in [4.78, 5) is 11.6. The summed E-state index contributed by atoms with van der Waals surface area (Å²) in [5.41, 5.74) is -0.665. The first-order valence-corrected chi connectivity index (χ1v) is 6.51. The zero-order chi connectivity index (χ0) is 12.8. The summed E-state index contributed by atoms with van der Waals surface area (Å²) in [6.07, 6.45) is 8.29. The number of amides is 1. The van der Waals surface area contributed by atoms with Crippen molar-refractivity contribution in [2.75, 3.05) is 6.54 Å². The molecule has 0 spiro atoms. The van der Waals surface area contributed by atoms with E-state index in [1.165, 1.54) is 0 Å². The highest BCUT2D eigenvalue weighted by atomic mass is 16.3. The monoisotopic (exact) mass is 252 g/mol. The van der Waals surface area contributed by atoms with E-state index in [2.05, 4.69) is 15.6 Å². The fraction of sp³-hybridized carbons (Fsp3) is 0.750. The van der Waals surface area contributed by atoms with Gasteiger partial charge in [-0.2, -0.15) is 0 Å². The van der Waals surface area contributed by atoms with Crippen LogP contribution in [0.1, 0.15) is 38.5 Å². The van der Waals surface area contributed by atoms with Crippen LogP contribution in [-0.4, -0.2) is 38.2 Å². The highest BCUT2D eigenvalue weighted by Gasteiger charge is 2.31. The van der Waals surface area contributed by atoms with E-state index in [1.54, 1.807) is 17.1 Å². The van der Waals surface area contributed by atoms with Gasteiger partial charge in [0.25, 0.3) is 0 Å². The minimum absolute atomic E-state index is 0.00422. The molecule has 0 saturated heterocycles. The largest absolute Gasteiger partial charge is 0.388 e. The standard InChI is InChI=1S/C12H20N4O2/c17-11(4-3-8-16-9-7-14-15-16)13-10-12(18)5-1-2-6-12/h7,9,18H,1-6,8,10H2,(H,13,17). The number of aromatic nitrogens is 3. The third-order valence-corrected chi connectivity index (χ3v) is 3.41. The Morgan fingerprint density at radius 3 is 2.89 bits per heavy atom. The SMILES string of the molecule is O=C(CCCn1ccnn1)NCC1(O)CCCC1. The van der Waals surface area contributed by atoms with Crippen LogP contribution in [0.5, 0.6) is 0 Å². The Labute approximate surface area is 106 Å². The van der Waals surface area contributed by atoms with Crippen molar-refractivity contribution in [3.05, 3.63) is 12.4 Å². The van der Waals surface area contributed by atoms with Crippen molar-refractivity contribution in [1.29, 1.82) is 0 Å². The summed E-state index contributed by atoms with van der Waals surface area (Å²) in [7, 11) is 0. The Hall–Kier alpha value is -1.43. The summed E-state index contributed by atoms with van der Waals surface area (Å²) in [6.45, 7) is 1.08.